The summed E-state index contributed by atoms with van der Waals surface area (Å²) in [5.74, 6) is -4.66. The molecule has 0 unspecified atom stereocenters. The number of hydrogen-bond donors (Lipinski definition) is 1. The fourth-order valence-electron chi connectivity index (χ4n) is 1.50. The van der Waals surface area contributed by atoms with Gasteiger partial charge in [0.15, 0.2) is 11.6 Å². The van der Waals surface area contributed by atoms with Crippen molar-refractivity contribution in [1.82, 2.24) is 4.98 Å². The van der Waals surface area contributed by atoms with E-state index >= 15 is 0 Å². The van der Waals surface area contributed by atoms with Crippen LogP contribution >= 0.6 is 0 Å². The zero-order valence-electron chi connectivity index (χ0n) is 10.1. The van der Waals surface area contributed by atoms with Gasteiger partial charge in [-0.05, 0) is 18.2 Å². The Hall–Kier alpha value is -2.97. The van der Waals surface area contributed by atoms with Gasteiger partial charge in [-0.25, -0.2) is 18.2 Å². The number of nitro groups is 1. The number of pyridine rings is 1. The normalized spacial score (nSPS) is 10.2. The third-order valence-electron chi connectivity index (χ3n) is 2.45. The van der Waals surface area contributed by atoms with E-state index in [-0.39, 0.29) is 5.82 Å². The summed E-state index contributed by atoms with van der Waals surface area (Å²) in [6.07, 6.45) is 0.815. The maximum absolute atomic E-state index is 13.1. The van der Waals surface area contributed by atoms with Crippen LogP contribution in [0.1, 0.15) is 10.4 Å². The Morgan fingerprint density at radius 3 is 2.43 bits per heavy atom. The van der Waals surface area contributed by atoms with Crippen molar-refractivity contribution >= 4 is 17.4 Å². The molecule has 0 bridgehead atoms. The highest BCUT2D eigenvalue weighted by Gasteiger charge is 2.24. The van der Waals surface area contributed by atoms with Crippen LogP contribution in [-0.2, 0) is 0 Å². The van der Waals surface area contributed by atoms with Crippen molar-refractivity contribution in [2.45, 2.75) is 0 Å². The molecule has 1 heterocycles. The monoisotopic (exact) mass is 297 g/mol. The first-order chi connectivity index (χ1) is 9.88. The Balaban J connectivity index is 2.36. The molecule has 0 spiro atoms. The van der Waals surface area contributed by atoms with Crippen LogP contribution < -0.4 is 5.32 Å². The molecule has 0 aliphatic rings. The first kappa shape index (κ1) is 14.4. The van der Waals surface area contributed by atoms with Gasteiger partial charge in [-0.2, -0.15) is 0 Å². The minimum atomic E-state index is -1.45. The molecule has 0 aliphatic heterocycles. The van der Waals surface area contributed by atoms with Gasteiger partial charge in [0.05, 0.1) is 17.2 Å². The van der Waals surface area contributed by atoms with Gasteiger partial charge in [-0.1, -0.05) is 0 Å². The highest BCUT2D eigenvalue weighted by atomic mass is 19.2. The summed E-state index contributed by atoms with van der Waals surface area (Å²) in [5.41, 5.74) is -1.57. The Kier molecular flexibility index (Phi) is 3.83. The number of amides is 1. The third kappa shape index (κ3) is 3.14. The van der Waals surface area contributed by atoms with Crippen LogP contribution in [0, 0.1) is 27.6 Å². The van der Waals surface area contributed by atoms with Crippen molar-refractivity contribution in [3.8, 4) is 0 Å². The molecular weight excluding hydrogens is 291 g/mol. The fourth-order valence-corrected chi connectivity index (χ4v) is 1.50. The third-order valence-corrected chi connectivity index (χ3v) is 2.45. The second-order valence-electron chi connectivity index (χ2n) is 3.86. The summed E-state index contributed by atoms with van der Waals surface area (Å²) >= 11 is 0. The van der Waals surface area contributed by atoms with E-state index in [0.717, 1.165) is 18.3 Å². The highest BCUT2D eigenvalue weighted by Crippen LogP contribution is 2.23. The van der Waals surface area contributed by atoms with E-state index in [0.29, 0.717) is 12.1 Å². The van der Waals surface area contributed by atoms with Crippen LogP contribution in [0.4, 0.5) is 24.7 Å². The summed E-state index contributed by atoms with van der Waals surface area (Å²) < 4.78 is 38.8. The van der Waals surface area contributed by atoms with Crippen molar-refractivity contribution in [2.24, 2.45) is 0 Å². The molecule has 0 aliphatic carbocycles. The number of carbonyl (C=O) groups excluding carboxylic acids is 1. The number of nitrogens with zero attached hydrogens (tertiary/aromatic N) is 2. The molecule has 1 aromatic heterocycles. The van der Waals surface area contributed by atoms with Crippen LogP contribution in [0.3, 0.4) is 0 Å². The number of nitro benzene ring substituents is 1. The van der Waals surface area contributed by atoms with E-state index < -0.39 is 39.5 Å². The zero-order valence-corrected chi connectivity index (χ0v) is 10.1. The van der Waals surface area contributed by atoms with Gasteiger partial charge in [0.1, 0.15) is 17.2 Å². The van der Waals surface area contributed by atoms with Gasteiger partial charge < -0.3 is 5.32 Å². The molecule has 21 heavy (non-hydrogen) atoms. The molecule has 0 atom stereocenters. The molecule has 6 nitrogen and oxygen atoms in total. The molecule has 0 fully saturated rings. The number of benzene rings is 1. The Bertz CT molecular complexity index is 720. The Morgan fingerprint density at radius 2 is 1.86 bits per heavy atom. The minimum absolute atomic E-state index is 0.0968. The Morgan fingerprint density at radius 1 is 1.19 bits per heavy atom. The zero-order chi connectivity index (χ0) is 15.6. The van der Waals surface area contributed by atoms with Crippen molar-refractivity contribution in [3.05, 3.63) is 63.6 Å². The van der Waals surface area contributed by atoms with Crippen molar-refractivity contribution in [3.63, 3.8) is 0 Å². The number of aromatic nitrogens is 1. The summed E-state index contributed by atoms with van der Waals surface area (Å²) in [6, 6.07) is 2.83. The lowest BCUT2D eigenvalue weighted by Crippen LogP contribution is -2.15. The SMILES string of the molecule is O=C(Nc1ccc(F)cn1)c1cc(F)c(F)cc1[N+](=O)[O-]. The van der Waals surface area contributed by atoms with Gasteiger partial charge in [0.2, 0.25) is 0 Å². The average Bonchev–Trinajstić information content (AvgIpc) is 2.43. The molecule has 1 N–H and O–H groups in total. The lowest BCUT2D eigenvalue weighted by Gasteiger charge is -2.05. The second kappa shape index (κ2) is 5.57. The van der Waals surface area contributed by atoms with Crippen molar-refractivity contribution in [2.75, 3.05) is 5.32 Å². The molecule has 108 valence electrons. The summed E-state index contributed by atoms with van der Waals surface area (Å²) in [6.45, 7) is 0. The van der Waals surface area contributed by atoms with Crippen molar-refractivity contribution < 1.29 is 22.9 Å². The van der Waals surface area contributed by atoms with E-state index in [4.69, 9.17) is 0 Å². The van der Waals surface area contributed by atoms with Gasteiger partial charge in [-0.3, -0.25) is 14.9 Å². The molecule has 0 radical (unpaired) electrons. The molecule has 1 aromatic carbocycles. The van der Waals surface area contributed by atoms with Gasteiger partial charge in [0, 0.05) is 0 Å². The van der Waals surface area contributed by atoms with E-state index in [9.17, 15) is 28.1 Å². The predicted octanol–water partition coefficient (Wildman–Crippen LogP) is 2.66. The van der Waals surface area contributed by atoms with Crippen LogP contribution in [0.5, 0.6) is 0 Å². The second-order valence-corrected chi connectivity index (χ2v) is 3.86. The molecule has 0 saturated carbocycles. The van der Waals surface area contributed by atoms with E-state index in [2.05, 4.69) is 10.3 Å². The first-order valence-electron chi connectivity index (χ1n) is 5.45. The largest absolute Gasteiger partial charge is 0.306 e. The first-order valence-corrected chi connectivity index (χ1v) is 5.45. The van der Waals surface area contributed by atoms with E-state index in [1.807, 2.05) is 0 Å². The quantitative estimate of drug-likeness (QED) is 0.697. The maximum Gasteiger partial charge on any atom is 0.285 e. The van der Waals surface area contributed by atoms with Crippen molar-refractivity contribution in [1.29, 1.82) is 0 Å². The maximum atomic E-state index is 13.1. The number of carbonyl (C=O) groups is 1. The molecule has 1 amide bonds. The molecule has 2 rings (SSSR count). The smallest absolute Gasteiger partial charge is 0.285 e. The van der Waals surface area contributed by atoms with Gasteiger partial charge in [0.25, 0.3) is 11.6 Å². The summed E-state index contributed by atoms with van der Waals surface area (Å²) in [4.78, 5) is 25.1. The number of halogens is 3. The predicted molar refractivity (Wildman–Crippen MR) is 65.2 cm³/mol. The van der Waals surface area contributed by atoms with Crippen LogP contribution in [0.2, 0.25) is 0 Å². The fraction of sp³-hybridized carbons (Fsp3) is 0. The standard InChI is InChI=1S/C12H6F3N3O3/c13-6-1-2-11(16-5-6)17-12(19)7-3-8(14)9(15)4-10(7)18(20)21/h1-5H,(H,16,17,19). The van der Waals surface area contributed by atoms with Crippen LogP contribution in [0.25, 0.3) is 0 Å². The van der Waals surface area contributed by atoms with E-state index in [1.54, 1.807) is 0 Å². The van der Waals surface area contributed by atoms with Gasteiger partial charge in [-0.15, -0.1) is 0 Å². The lowest BCUT2D eigenvalue weighted by molar-refractivity contribution is -0.385. The number of rotatable bonds is 3. The number of nitrogens with one attached hydrogen (secondary N) is 1. The van der Waals surface area contributed by atoms with Gasteiger partial charge >= 0.3 is 0 Å². The Labute approximate surface area is 115 Å². The average molecular weight is 297 g/mol. The highest BCUT2D eigenvalue weighted by molar-refractivity contribution is 6.06. The summed E-state index contributed by atoms with van der Waals surface area (Å²) in [7, 11) is 0. The van der Waals surface area contributed by atoms with Crippen LogP contribution in [0.15, 0.2) is 30.5 Å². The van der Waals surface area contributed by atoms with Crippen LogP contribution in [-0.4, -0.2) is 15.8 Å². The topological polar surface area (TPSA) is 85.1 Å². The summed E-state index contributed by atoms with van der Waals surface area (Å²) in [5, 5.41) is 12.9. The number of anilines is 1. The number of hydrogen-bond acceptors (Lipinski definition) is 4. The molecule has 9 heteroatoms. The lowest BCUT2D eigenvalue weighted by atomic mass is 10.1. The molecular formula is C12H6F3N3O3. The molecule has 2 aromatic rings. The molecule has 0 saturated heterocycles. The minimum Gasteiger partial charge on any atom is -0.306 e. The van der Waals surface area contributed by atoms with E-state index in [1.165, 1.54) is 0 Å².